The minimum absolute atomic E-state index is 0.0387. The van der Waals surface area contributed by atoms with Gasteiger partial charge >= 0.3 is 0 Å². The molecule has 0 aliphatic rings. The molecule has 0 saturated heterocycles. The fourth-order valence-electron chi connectivity index (χ4n) is 1.60. The van der Waals surface area contributed by atoms with Gasteiger partial charge in [-0.15, -0.1) is 0 Å². The maximum atomic E-state index is 13.3. The van der Waals surface area contributed by atoms with E-state index in [2.05, 4.69) is 5.32 Å². The van der Waals surface area contributed by atoms with E-state index in [1.807, 2.05) is 33.9 Å². The van der Waals surface area contributed by atoms with Crippen LogP contribution < -0.4 is 5.32 Å². The Kier molecular flexibility index (Phi) is 4.90. The van der Waals surface area contributed by atoms with Crippen LogP contribution in [0.25, 0.3) is 0 Å². The van der Waals surface area contributed by atoms with Crippen LogP contribution in [0.5, 0.6) is 0 Å². The minimum Gasteiger partial charge on any atom is -0.377 e. The molecule has 0 aromatic heterocycles. The van der Waals surface area contributed by atoms with Crippen LogP contribution in [0.1, 0.15) is 31.0 Å². The molecule has 1 N–H and O–H groups in total. The van der Waals surface area contributed by atoms with Gasteiger partial charge in [0.25, 0.3) is 0 Å². The third-order valence-corrected chi connectivity index (χ3v) is 2.41. The molecule has 2 nitrogen and oxygen atoms in total. The van der Waals surface area contributed by atoms with Gasteiger partial charge in [0.1, 0.15) is 5.82 Å². The fraction of sp³-hybridized carbons (Fsp3) is 0.538. The summed E-state index contributed by atoms with van der Waals surface area (Å²) < 4.78 is 18.8. The zero-order chi connectivity index (χ0) is 12.1. The molecule has 0 saturated carbocycles. The van der Waals surface area contributed by atoms with E-state index in [1.54, 1.807) is 6.07 Å². The van der Waals surface area contributed by atoms with E-state index in [4.69, 9.17) is 4.74 Å². The molecular formula is C13H20FNO. The molecule has 0 amide bonds. The number of aryl methyl sites for hydroxylation is 1. The topological polar surface area (TPSA) is 21.3 Å². The molecule has 0 fully saturated rings. The maximum Gasteiger partial charge on any atom is 0.123 e. The van der Waals surface area contributed by atoms with Crippen molar-refractivity contribution < 1.29 is 9.13 Å². The number of benzene rings is 1. The molecule has 0 bridgehead atoms. The van der Waals surface area contributed by atoms with Crippen molar-refractivity contribution in [2.45, 2.75) is 32.9 Å². The first-order valence-corrected chi connectivity index (χ1v) is 5.59. The molecule has 1 atom stereocenters. The summed E-state index contributed by atoms with van der Waals surface area (Å²) in [5.74, 6) is -0.195. The Balaban J connectivity index is 2.78. The summed E-state index contributed by atoms with van der Waals surface area (Å²) in [6, 6.07) is 5.10. The first kappa shape index (κ1) is 13.1. The molecule has 1 aromatic carbocycles. The smallest absolute Gasteiger partial charge is 0.123 e. The molecule has 1 aromatic rings. The Hall–Kier alpha value is -0.930. The van der Waals surface area contributed by atoms with E-state index >= 15 is 0 Å². The van der Waals surface area contributed by atoms with Crippen LogP contribution in [0.3, 0.4) is 0 Å². The second-order valence-corrected chi connectivity index (χ2v) is 4.29. The van der Waals surface area contributed by atoms with E-state index in [-0.39, 0.29) is 18.0 Å². The molecule has 0 aliphatic heterocycles. The summed E-state index contributed by atoms with van der Waals surface area (Å²) in [5, 5.41) is 3.14. The van der Waals surface area contributed by atoms with Gasteiger partial charge in [0, 0.05) is 0 Å². The summed E-state index contributed by atoms with van der Waals surface area (Å²) >= 11 is 0. The molecule has 0 aliphatic carbocycles. The van der Waals surface area contributed by atoms with Crippen LogP contribution in [-0.2, 0) is 4.74 Å². The third-order valence-electron chi connectivity index (χ3n) is 2.41. The number of hydrogen-bond donors (Lipinski definition) is 1. The number of hydrogen-bond acceptors (Lipinski definition) is 2. The lowest BCUT2D eigenvalue weighted by atomic mass is 10.0. The van der Waals surface area contributed by atoms with Crippen molar-refractivity contribution in [3.05, 3.63) is 35.1 Å². The van der Waals surface area contributed by atoms with Crippen molar-refractivity contribution in [2.75, 3.05) is 13.7 Å². The van der Waals surface area contributed by atoms with Gasteiger partial charge in [0.05, 0.1) is 18.8 Å². The van der Waals surface area contributed by atoms with E-state index in [1.165, 1.54) is 6.07 Å². The lowest BCUT2D eigenvalue weighted by Crippen LogP contribution is -2.23. The highest BCUT2D eigenvalue weighted by molar-refractivity contribution is 5.26. The van der Waals surface area contributed by atoms with E-state index in [0.29, 0.717) is 6.61 Å². The number of rotatable bonds is 5. The van der Waals surface area contributed by atoms with Gasteiger partial charge in [0.15, 0.2) is 0 Å². The summed E-state index contributed by atoms with van der Waals surface area (Å²) in [7, 11) is 1.86. The van der Waals surface area contributed by atoms with E-state index in [0.717, 1.165) is 11.1 Å². The first-order chi connectivity index (χ1) is 7.52. The predicted octanol–water partition coefficient (Wildman–Crippen LogP) is 2.82. The van der Waals surface area contributed by atoms with Crippen molar-refractivity contribution >= 4 is 0 Å². The normalized spacial score (nSPS) is 13.1. The molecule has 3 heteroatoms. The zero-order valence-electron chi connectivity index (χ0n) is 10.4. The van der Waals surface area contributed by atoms with Gasteiger partial charge in [-0.3, -0.25) is 0 Å². The predicted molar refractivity (Wildman–Crippen MR) is 64.0 cm³/mol. The molecular weight excluding hydrogens is 205 g/mol. The Bertz CT molecular complexity index is 318. The number of nitrogens with one attached hydrogen (secondary N) is 1. The van der Waals surface area contributed by atoms with Crippen LogP contribution >= 0.6 is 0 Å². The van der Waals surface area contributed by atoms with Gasteiger partial charge in [-0.2, -0.15) is 0 Å². The molecule has 0 radical (unpaired) electrons. The fourth-order valence-corrected chi connectivity index (χ4v) is 1.60. The van der Waals surface area contributed by atoms with Crippen molar-refractivity contribution in [1.82, 2.24) is 5.32 Å². The second-order valence-electron chi connectivity index (χ2n) is 4.29. The zero-order valence-corrected chi connectivity index (χ0v) is 10.4. The standard InChI is InChI=1S/C13H20FNO/c1-9(2)16-8-13(15-4)11-5-10(3)6-12(14)7-11/h5-7,9,13,15H,8H2,1-4H3. The molecule has 1 unspecified atom stereocenters. The summed E-state index contributed by atoms with van der Waals surface area (Å²) in [5.41, 5.74) is 1.86. The van der Waals surface area contributed by atoms with Gasteiger partial charge < -0.3 is 10.1 Å². The Morgan fingerprint density at radius 1 is 1.31 bits per heavy atom. The lowest BCUT2D eigenvalue weighted by molar-refractivity contribution is 0.0625. The van der Waals surface area contributed by atoms with E-state index in [9.17, 15) is 4.39 Å². The monoisotopic (exact) mass is 225 g/mol. The molecule has 0 spiro atoms. The molecule has 1 rings (SSSR count). The van der Waals surface area contributed by atoms with Crippen molar-refractivity contribution in [2.24, 2.45) is 0 Å². The highest BCUT2D eigenvalue weighted by atomic mass is 19.1. The number of halogens is 1. The summed E-state index contributed by atoms with van der Waals surface area (Å²) in [6.07, 6.45) is 0.186. The third kappa shape index (κ3) is 3.91. The van der Waals surface area contributed by atoms with Crippen LogP contribution in [-0.4, -0.2) is 19.8 Å². The van der Waals surface area contributed by atoms with Crippen molar-refractivity contribution in [3.63, 3.8) is 0 Å². The van der Waals surface area contributed by atoms with Gasteiger partial charge in [-0.1, -0.05) is 6.07 Å². The number of ether oxygens (including phenoxy) is 1. The highest BCUT2D eigenvalue weighted by Gasteiger charge is 2.11. The summed E-state index contributed by atoms with van der Waals surface area (Å²) in [6.45, 7) is 6.42. The number of likely N-dealkylation sites (N-methyl/N-ethyl adjacent to an activating group) is 1. The first-order valence-electron chi connectivity index (χ1n) is 5.59. The van der Waals surface area contributed by atoms with Crippen LogP contribution in [0, 0.1) is 12.7 Å². The van der Waals surface area contributed by atoms with Crippen LogP contribution in [0.4, 0.5) is 4.39 Å². The quantitative estimate of drug-likeness (QED) is 0.832. The van der Waals surface area contributed by atoms with Gasteiger partial charge in [-0.25, -0.2) is 4.39 Å². The molecule has 16 heavy (non-hydrogen) atoms. The van der Waals surface area contributed by atoms with Gasteiger partial charge in [-0.05, 0) is 51.1 Å². The SMILES string of the molecule is CNC(COC(C)C)c1cc(C)cc(F)c1. The van der Waals surface area contributed by atoms with Crippen molar-refractivity contribution in [1.29, 1.82) is 0 Å². The maximum absolute atomic E-state index is 13.3. The molecule has 0 heterocycles. The average molecular weight is 225 g/mol. The minimum atomic E-state index is -0.195. The Morgan fingerprint density at radius 3 is 2.50 bits per heavy atom. The highest BCUT2D eigenvalue weighted by Crippen LogP contribution is 2.17. The largest absolute Gasteiger partial charge is 0.377 e. The Morgan fingerprint density at radius 2 is 2.00 bits per heavy atom. The lowest BCUT2D eigenvalue weighted by Gasteiger charge is -2.19. The molecule has 90 valence electrons. The summed E-state index contributed by atoms with van der Waals surface area (Å²) in [4.78, 5) is 0. The van der Waals surface area contributed by atoms with Crippen molar-refractivity contribution in [3.8, 4) is 0 Å². The van der Waals surface area contributed by atoms with Crippen LogP contribution in [0.15, 0.2) is 18.2 Å². The second kappa shape index (κ2) is 5.97. The average Bonchev–Trinajstić information content (AvgIpc) is 2.16. The Labute approximate surface area is 96.8 Å². The van der Waals surface area contributed by atoms with E-state index < -0.39 is 0 Å². The van der Waals surface area contributed by atoms with Crippen LogP contribution in [0.2, 0.25) is 0 Å². The van der Waals surface area contributed by atoms with Gasteiger partial charge in [0.2, 0.25) is 0 Å².